The van der Waals surface area contributed by atoms with Gasteiger partial charge < -0.3 is 15.0 Å². The maximum Gasteiger partial charge on any atom is 0.194 e. The number of nitrogens with one attached hydrogen (secondary N) is 1. The summed E-state index contributed by atoms with van der Waals surface area (Å²) in [5.41, 5.74) is 1.60. The molecule has 0 saturated carbocycles. The van der Waals surface area contributed by atoms with Crippen molar-refractivity contribution >= 4 is 21.9 Å². The third kappa shape index (κ3) is 4.78. The Morgan fingerprint density at radius 3 is 2.42 bits per heavy atom. The number of guanidine groups is 1. The lowest BCUT2D eigenvalue weighted by molar-refractivity contribution is -0.0946. The maximum absolute atomic E-state index is 5.35. The van der Waals surface area contributed by atoms with Gasteiger partial charge in [-0.1, -0.05) is 35.0 Å². The zero-order valence-electron chi connectivity index (χ0n) is 16.2. The van der Waals surface area contributed by atoms with Gasteiger partial charge in [-0.25, -0.2) is 0 Å². The maximum atomic E-state index is 5.35. The van der Waals surface area contributed by atoms with Crippen molar-refractivity contribution in [2.24, 2.45) is 10.4 Å². The molecule has 0 aromatic heterocycles. The molecule has 0 radical (unpaired) electrons. The summed E-state index contributed by atoms with van der Waals surface area (Å²) < 4.78 is 6.49. The van der Waals surface area contributed by atoms with E-state index in [1.165, 1.54) is 5.56 Å². The van der Waals surface area contributed by atoms with Gasteiger partial charge in [0.1, 0.15) is 0 Å². The van der Waals surface area contributed by atoms with Crippen LogP contribution < -0.4 is 5.32 Å². The predicted octanol–water partition coefficient (Wildman–Crippen LogP) is 3.13. The van der Waals surface area contributed by atoms with Crippen LogP contribution in [-0.2, 0) is 4.74 Å². The Morgan fingerprint density at radius 2 is 1.88 bits per heavy atom. The number of benzene rings is 1. The van der Waals surface area contributed by atoms with Crippen molar-refractivity contribution in [2.45, 2.75) is 26.8 Å². The fraction of sp³-hybridized carbons (Fsp3) is 0.650. The summed E-state index contributed by atoms with van der Waals surface area (Å²) in [5.74, 6) is 1.05. The van der Waals surface area contributed by atoms with Gasteiger partial charge in [-0.15, -0.1) is 0 Å². The highest BCUT2D eigenvalue weighted by molar-refractivity contribution is 9.10. The van der Waals surface area contributed by atoms with Crippen LogP contribution in [0.25, 0.3) is 0 Å². The minimum atomic E-state index is 0.221. The van der Waals surface area contributed by atoms with Gasteiger partial charge in [-0.3, -0.25) is 9.89 Å². The minimum absolute atomic E-state index is 0.221. The fourth-order valence-electron chi connectivity index (χ4n) is 3.51. The quantitative estimate of drug-likeness (QED) is 0.584. The second kappa shape index (κ2) is 8.72. The summed E-state index contributed by atoms with van der Waals surface area (Å²) in [6.07, 6.45) is 0. The standard InChI is InChI=1S/C20H31BrN4O/c1-4-22-19(23-13-20(3)14-26-15-20)25-11-9-24(10-12-25)16(2)17-5-7-18(21)8-6-17/h5-8,16H,4,9-15H2,1-3H3,(H,22,23). The molecule has 6 heteroatoms. The van der Waals surface area contributed by atoms with E-state index in [0.29, 0.717) is 6.04 Å². The predicted molar refractivity (Wildman–Crippen MR) is 111 cm³/mol. The summed E-state index contributed by atoms with van der Waals surface area (Å²) in [6.45, 7) is 14.2. The van der Waals surface area contributed by atoms with Crippen molar-refractivity contribution in [3.8, 4) is 0 Å². The van der Waals surface area contributed by atoms with Crippen molar-refractivity contribution in [2.75, 3.05) is 52.5 Å². The molecular weight excluding hydrogens is 392 g/mol. The van der Waals surface area contributed by atoms with Crippen LogP contribution in [-0.4, -0.2) is 68.2 Å². The average molecular weight is 423 g/mol. The Balaban J connectivity index is 1.56. The van der Waals surface area contributed by atoms with E-state index in [2.05, 4.69) is 76.1 Å². The Labute approximate surface area is 165 Å². The molecule has 1 unspecified atom stereocenters. The normalized spacial score (nSPS) is 22.0. The highest BCUT2D eigenvalue weighted by atomic mass is 79.9. The number of ether oxygens (including phenoxy) is 1. The van der Waals surface area contributed by atoms with Crippen molar-refractivity contribution in [1.29, 1.82) is 0 Å². The van der Waals surface area contributed by atoms with E-state index in [9.17, 15) is 0 Å². The number of hydrogen-bond donors (Lipinski definition) is 1. The van der Waals surface area contributed by atoms with Crippen molar-refractivity contribution in [3.05, 3.63) is 34.3 Å². The number of nitrogens with zero attached hydrogens (tertiary/aromatic N) is 3. The van der Waals surface area contributed by atoms with Crippen LogP contribution >= 0.6 is 15.9 Å². The molecule has 2 fully saturated rings. The van der Waals surface area contributed by atoms with Crippen LogP contribution in [0.4, 0.5) is 0 Å². The molecule has 2 aliphatic heterocycles. The Hall–Kier alpha value is -1.11. The van der Waals surface area contributed by atoms with Crippen molar-refractivity contribution in [1.82, 2.24) is 15.1 Å². The van der Waals surface area contributed by atoms with E-state index in [1.54, 1.807) is 0 Å². The minimum Gasteiger partial charge on any atom is -0.380 e. The largest absolute Gasteiger partial charge is 0.380 e. The van der Waals surface area contributed by atoms with Gasteiger partial charge in [0.05, 0.1) is 19.8 Å². The number of piperazine rings is 1. The van der Waals surface area contributed by atoms with Crippen LogP contribution in [0, 0.1) is 5.41 Å². The van der Waals surface area contributed by atoms with E-state index >= 15 is 0 Å². The summed E-state index contributed by atoms with van der Waals surface area (Å²) in [6, 6.07) is 9.13. The van der Waals surface area contributed by atoms with Gasteiger partial charge in [-0.05, 0) is 31.5 Å². The number of halogens is 1. The lowest BCUT2D eigenvalue weighted by Gasteiger charge is -2.40. The van der Waals surface area contributed by atoms with Gasteiger partial charge in [0.25, 0.3) is 0 Å². The molecule has 0 bridgehead atoms. The van der Waals surface area contributed by atoms with Crippen LogP contribution in [0.2, 0.25) is 0 Å². The second-order valence-corrected chi connectivity index (χ2v) is 8.64. The van der Waals surface area contributed by atoms with Crippen molar-refractivity contribution < 1.29 is 4.74 Å². The highest BCUT2D eigenvalue weighted by Crippen LogP contribution is 2.27. The molecule has 26 heavy (non-hydrogen) atoms. The first-order valence-electron chi connectivity index (χ1n) is 9.61. The third-order valence-electron chi connectivity index (χ3n) is 5.36. The molecule has 2 heterocycles. The molecule has 1 aromatic carbocycles. The first-order chi connectivity index (χ1) is 12.5. The van der Waals surface area contributed by atoms with Crippen LogP contribution in [0.15, 0.2) is 33.7 Å². The number of aliphatic imine (C=N–C) groups is 1. The van der Waals surface area contributed by atoms with Gasteiger partial charge in [-0.2, -0.15) is 0 Å². The Morgan fingerprint density at radius 1 is 1.23 bits per heavy atom. The molecule has 0 aliphatic carbocycles. The first kappa shape index (κ1) is 19.6. The SMILES string of the molecule is CCNC(=NCC1(C)COC1)N1CCN(C(C)c2ccc(Br)cc2)CC1. The zero-order valence-corrected chi connectivity index (χ0v) is 17.8. The van der Waals surface area contributed by atoms with Gasteiger partial charge >= 0.3 is 0 Å². The molecule has 1 atom stereocenters. The molecule has 2 saturated heterocycles. The molecule has 0 spiro atoms. The summed E-state index contributed by atoms with van der Waals surface area (Å²) in [7, 11) is 0. The van der Waals surface area contributed by atoms with Crippen LogP contribution in [0.5, 0.6) is 0 Å². The molecule has 1 N–H and O–H groups in total. The highest BCUT2D eigenvalue weighted by Gasteiger charge is 2.33. The van der Waals surface area contributed by atoms with E-state index in [1.807, 2.05) is 0 Å². The second-order valence-electron chi connectivity index (χ2n) is 7.72. The monoisotopic (exact) mass is 422 g/mol. The molecule has 3 rings (SSSR count). The van der Waals surface area contributed by atoms with E-state index < -0.39 is 0 Å². The molecule has 5 nitrogen and oxygen atoms in total. The molecule has 2 aliphatic rings. The summed E-state index contributed by atoms with van der Waals surface area (Å²) in [4.78, 5) is 9.86. The van der Waals surface area contributed by atoms with Gasteiger partial charge in [0.2, 0.25) is 0 Å². The average Bonchev–Trinajstić information content (AvgIpc) is 2.64. The van der Waals surface area contributed by atoms with Gasteiger partial charge in [0, 0.05) is 48.7 Å². The smallest absolute Gasteiger partial charge is 0.194 e. The summed E-state index contributed by atoms with van der Waals surface area (Å²) in [5, 5.41) is 3.47. The topological polar surface area (TPSA) is 40.1 Å². The molecule has 0 amide bonds. The first-order valence-corrected chi connectivity index (χ1v) is 10.4. The zero-order chi connectivity index (χ0) is 18.6. The number of hydrogen-bond acceptors (Lipinski definition) is 3. The van der Waals surface area contributed by atoms with Crippen LogP contribution in [0.1, 0.15) is 32.4 Å². The van der Waals surface area contributed by atoms with E-state index in [4.69, 9.17) is 9.73 Å². The lowest BCUT2D eigenvalue weighted by atomic mass is 9.89. The number of rotatable bonds is 5. The van der Waals surface area contributed by atoms with Crippen LogP contribution in [0.3, 0.4) is 0 Å². The Kier molecular flexibility index (Phi) is 6.59. The fourth-order valence-corrected chi connectivity index (χ4v) is 3.77. The van der Waals surface area contributed by atoms with Gasteiger partial charge in [0.15, 0.2) is 5.96 Å². The summed E-state index contributed by atoms with van der Waals surface area (Å²) >= 11 is 3.52. The van der Waals surface area contributed by atoms with E-state index in [-0.39, 0.29) is 5.41 Å². The van der Waals surface area contributed by atoms with E-state index in [0.717, 1.165) is 62.9 Å². The molecular formula is C20H31BrN4O. The lowest BCUT2D eigenvalue weighted by Crippen LogP contribution is -2.53. The third-order valence-corrected chi connectivity index (χ3v) is 5.89. The molecule has 144 valence electrons. The molecule has 1 aromatic rings. The van der Waals surface area contributed by atoms with Crippen molar-refractivity contribution in [3.63, 3.8) is 0 Å². The Bertz CT molecular complexity index is 607.